The van der Waals surface area contributed by atoms with Crippen molar-refractivity contribution in [1.82, 2.24) is 4.90 Å². The average molecular weight is 197 g/mol. The zero-order valence-electron chi connectivity index (χ0n) is 9.92. The summed E-state index contributed by atoms with van der Waals surface area (Å²) in [5.74, 6) is 1.72. The third-order valence-corrected chi connectivity index (χ3v) is 2.99. The van der Waals surface area contributed by atoms with Gasteiger partial charge in [0.05, 0.1) is 0 Å². The molecule has 1 aliphatic heterocycles. The van der Waals surface area contributed by atoms with Crippen molar-refractivity contribution >= 4 is 5.91 Å². The second-order valence-corrected chi connectivity index (χ2v) is 5.17. The fraction of sp³-hybridized carbons (Fsp3) is 0.917. The lowest BCUT2D eigenvalue weighted by molar-refractivity contribution is -0.137. The Morgan fingerprint density at radius 2 is 2.00 bits per heavy atom. The van der Waals surface area contributed by atoms with Crippen molar-refractivity contribution in [2.75, 3.05) is 6.54 Å². The van der Waals surface area contributed by atoms with Gasteiger partial charge in [-0.25, -0.2) is 0 Å². The second-order valence-electron chi connectivity index (χ2n) is 5.17. The average Bonchev–Trinajstić information content (AvgIpc) is 2.01. The van der Waals surface area contributed by atoms with Gasteiger partial charge in [-0.15, -0.1) is 0 Å². The van der Waals surface area contributed by atoms with Crippen LogP contribution in [0.25, 0.3) is 0 Å². The van der Waals surface area contributed by atoms with Crippen LogP contribution in [0.15, 0.2) is 0 Å². The van der Waals surface area contributed by atoms with Crippen LogP contribution in [0.4, 0.5) is 0 Å². The summed E-state index contributed by atoms with van der Waals surface area (Å²) in [5, 5.41) is 0. The molecule has 0 aromatic rings. The minimum Gasteiger partial charge on any atom is -0.340 e. The Morgan fingerprint density at radius 1 is 1.36 bits per heavy atom. The quantitative estimate of drug-likeness (QED) is 0.681. The molecular weight excluding hydrogens is 174 g/mol. The van der Waals surface area contributed by atoms with Crippen molar-refractivity contribution in [1.29, 1.82) is 0 Å². The highest BCUT2D eigenvalue weighted by molar-refractivity contribution is 5.77. The van der Waals surface area contributed by atoms with Gasteiger partial charge in [0.2, 0.25) is 5.91 Å². The van der Waals surface area contributed by atoms with E-state index in [2.05, 4.69) is 27.7 Å². The molecular formula is C12H23NO. The van der Waals surface area contributed by atoms with Crippen LogP contribution in [0.1, 0.15) is 47.0 Å². The lowest BCUT2D eigenvalue weighted by Crippen LogP contribution is -2.43. The predicted octanol–water partition coefficient (Wildman–Crippen LogP) is 2.68. The molecule has 1 saturated heterocycles. The smallest absolute Gasteiger partial charge is 0.223 e. The minimum absolute atomic E-state index is 0.358. The predicted molar refractivity (Wildman–Crippen MR) is 59.0 cm³/mol. The number of nitrogens with zero attached hydrogens (tertiary/aromatic N) is 1. The van der Waals surface area contributed by atoms with Crippen LogP contribution < -0.4 is 0 Å². The molecule has 0 saturated carbocycles. The van der Waals surface area contributed by atoms with Gasteiger partial charge in [0.1, 0.15) is 0 Å². The van der Waals surface area contributed by atoms with Gasteiger partial charge in [-0.3, -0.25) is 4.79 Å². The highest BCUT2D eigenvalue weighted by Gasteiger charge is 2.27. The molecule has 1 heterocycles. The molecule has 14 heavy (non-hydrogen) atoms. The largest absolute Gasteiger partial charge is 0.340 e. The number of hydrogen-bond donors (Lipinski definition) is 0. The zero-order chi connectivity index (χ0) is 10.7. The standard InChI is InChI=1S/C12H23NO/c1-9(2)7-11-5-6-13(10(3)4)12(14)8-11/h9-11H,5-8H2,1-4H3. The summed E-state index contributed by atoms with van der Waals surface area (Å²) in [6.07, 6.45) is 3.18. The normalized spacial score (nSPS) is 23.7. The van der Waals surface area contributed by atoms with Gasteiger partial charge in [0, 0.05) is 19.0 Å². The Kier molecular flexibility index (Phi) is 3.97. The SMILES string of the molecule is CC(C)CC1CCN(C(C)C)C(=O)C1. The molecule has 1 aliphatic rings. The zero-order valence-corrected chi connectivity index (χ0v) is 9.92. The van der Waals surface area contributed by atoms with Gasteiger partial charge >= 0.3 is 0 Å². The van der Waals surface area contributed by atoms with Crippen molar-refractivity contribution in [3.05, 3.63) is 0 Å². The number of carbonyl (C=O) groups is 1. The Bertz CT molecular complexity index is 198. The number of rotatable bonds is 3. The van der Waals surface area contributed by atoms with E-state index >= 15 is 0 Å². The van der Waals surface area contributed by atoms with E-state index in [0.29, 0.717) is 17.9 Å². The first-order valence-electron chi connectivity index (χ1n) is 5.80. The molecule has 82 valence electrons. The van der Waals surface area contributed by atoms with E-state index in [4.69, 9.17) is 0 Å². The van der Waals surface area contributed by atoms with E-state index in [1.165, 1.54) is 12.8 Å². The van der Waals surface area contributed by atoms with Crippen LogP contribution in [0.3, 0.4) is 0 Å². The van der Waals surface area contributed by atoms with Crippen molar-refractivity contribution in [2.45, 2.75) is 53.0 Å². The molecule has 2 heteroatoms. The van der Waals surface area contributed by atoms with E-state index in [-0.39, 0.29) is 0 Å². The number of piperidine rings is 1. The number of carbonyl (C=O) groups excluding carboxylic acids is 1. The molecule has 0 aliphatic carbocycles. The third kappa shape index (κ3) is 3.00. The molecule has 0 bridgehead atoms. The Labute approximate surface area is 87.7 Å². The van der Waals surface area contributed by atoms with Crippen LogP contribution in [-0.4, -0.2) is 23.4 Å². The summed E-state index contributed by atoms with van der Waals surface area (Å²) >= 11 is 0. The monoisotopic (exact) mass is 197 g/mol. The summed E-state index contributed by atoms with van der Waals surface area (Å²) in [5.41, 5.74) is 0. The molecule has 0 spiro atoms. The van der Waals surface area contributed by atoms with Crippen molar-refractivity contribution in [3.63, 3.8) is 0 Å². The fourth-order valence-corrected chi connectivity index (χ4v) is 2.33. The second kappa shape index (κ2) is 4.81. The van der Waals surface area contributed by atoms with Crippen LogP contribution >= 0.6 is 0 Å². The maximum atomic E-state index is 11.8. The van der Waals surface area contributed by atoms with Crippen LogP contribution in [0.2, 0.25) is 0 Å². The minimum atomic E-state index is 0.358. The van der Waals surface area contributed by atoms with Crippen LogP contribution in [-0.2, 0) is 4.79 Å². The molecule has 0 N–H and O–H groups in total. The first-order valence-corrected chi connectivity index (χ1v) is 5.80. The van der Waals surface area contributed by atoms with Crippen LogP contribution in [0, 0.1) is 11.8 Å². The lowest BCUT2D eigenvalue weighted by atomic mass is 9.88. The van der Waals surface area contributed by atoms with Gasteiger partial charge < -0.3 is 4.90 Å². The van der Waals surface area contributed by atoms with Gasteiger partial charge in [-0.05, 0) is 38.5 Å². The Morgan fingerprint density at radius 3 is 2.43 bits per heavy atom. The summed E-state index contributed by atoms with van der Waals surface area (Å²) < 4.78 is 0. The van der Waals surface area contributed by atoms with Gasteiger partial charge in [-0.2, -0.15) is 0 Å². The number of likely N-dealkylation sites (tertiary alicyclic amines) is 1. The van der Waals surface area contributed by atoms with Gasteiger partial charge in [0.15, 0.2) is 0 Å². The molecule has 1 fully saturated rings. The van der Waals surface area contributed by atoms with E-state index in [1.54, 1.807) is 0 Å². The van der Waals surface area contributed by atoms with Crippen molar-refractivity contribution in [3.8, 4) is 0 Å². The maximum absolute atomic E-state index is 11.8. The van der Waals surface area contributed by atoms with E-state index in [0.717, 1.165) is 18.9 Å². The first kappa shape index (κ1) is 11.5. The summed E-state index contributed by atoms with van der Waals surface area (Å²) in [4.78, 5) is 13.8. The highest BCUT2D eigenvalue weighted by atomic mass is 16.2. The van der Waals surface area contributed by atoms with Crippen molar-refractivity contribution in [2.24, 2.45) is 11.8 Å². The number of hydrogen-bond acceptors (Lipinski definition) is 1. The van der Waals surface area contributed by atoms with E-state index in [1.807, 2.05) is 4.90 Å². The van der Waals surface area contributed by atoms with Crippen LogP contribution in [0.5, 0.6) is 0 Å². The topological polar surface area (TPSA) is 20.3 Å². The summed E-state index contributed by atoms with van der Waals surface area (Å²) in [6, 6.07) is 0.377. The van der Waals surface area contributed by atoms with E-state index in [9.17, 15) is 4.79 Å². The maximum Gasteiger partial charge on any atom is 0.223 e. The highest BCUT2D eigenvalue weighted by Crippen LogP contribution is 2.25. The summed E-state index contributed by atoms with van der Waals surface area (Å²) in [7, 11) is 0. The number of amides is 1. The van der Waals surface area contributed by atoms with Gasteiger partial charge in [0.25, 0.3) is 0 Å². The summed E-state index contributed by atoms with van der Waals surface area (Å²) in [6.45, 7) is 9.63. The third-order valence-electron chi connectivity index (χ3n) is 2.99. The molecule has 0 aromatic heterocycles. The molecule has 1 unspecified atom stereocenters. The fourth-order valence-electron chi connectivity index (χ4n) is 2.33. The Hall–Kier alpha value is -0.530. The lowest BCUT2D eigenvalue weighted by Gasteiger charge is -2.35. The van der Waals surface area contributed by atoms with Crippen molar-refractivity contribution < 1.29 is 4.79 Å². The first-order chi connectivity index (χ1) is 6.50. The molecule has 1 atom stereocenters. The Balaban J connectivity index is 2.43. The molecule has 1 amide bonds. The molecule has 2 nitrogen and oxygen atoms in total. The molecule has 0 radical (unpaired) electrons. The molecule has 1 rings (SSSR count). The van der Waals surface area contributed by atoms with E-state index < -0.39 is 0 Å². The molecule has 0 aromatic carbocycles. The van der Waals surface area contributed by atoms with Gasteiger partial charge in [-0.1, -0.05) is 13.8 Å².